The van der Waals surface area contributed by atoms with Crippen molar-refractivity contribution in [3.05, 3.63) is 16.9 Å². The molecule has 1 heterocycles. The third-order valence-electron chi connectivity index (χ3n) is 4.84. The molecule has 0 saturated heterocycles. The number of halogens is 1. The van der Waals surface area contributed by atoms with E-state index in [1.54, 1.807) is 13.3 Å². The van der Waals surface area contributed by atoms with Crippen molar-refractivity contribution in [2.45, 2.75) is 45.1 Å². The van der Waals surface area contributed by atoms with E-state index in [1.807, 2.05) is 7.05 Å². The normalized spacial score (nSPS) is 26.2. The quantitative estimate of drug-likeness (QED) is 0.839. The molecule has 2 rings (SSSR count). The molecule has 0 spiro atoms. The Labute approximate surface area is 133 Å². The van der Waals surface area contributed by atoms with Gasteiger partial charge in [-0.05, 0) is 38.3 Å². The second-order valence-corrected chi connectivity index (χ2v) is 6.51. The Balaban J connectivity index is 2.24. The number of aromatic nitrogens is 2. The van der Waals surface area contributed by atoms with E-state index in [2.05, 4.69) is 22.0 Å². The molecule has 0 bridgehead atoms. The van der Waals surface area contributed by atoms with Gasteiger partial charge in [-0.15, -0.1) is 0 Å². The van der Waals surface area contributed by atoms with Crippen LogP contribution in [0.5, 0.6) is 0 Å². The molecule has 5 heteroatoms. The minimum absolute atomic E-state index is 0.503. The van der Waals surface area contributed by atoms with E-state index in [9.17, 15) is 0 Å². The summed E-state index contributed by atoms with van der Waals surface area (Å²) in [6, 6.07) is 0. The third kappa shape index (κ3) is 3.99. The fraction of sp³-hybridized carbons (Fsp3) is 0.812. The average molecular weight is 314 g/mol. The van der Waals surface area contributed by atoms with Crippen LogP contribution >= 0.6 is 11.6 Å². The number of hydrogen-bond donors (Lipinski definition) is 1. The first-order valence-corrected chi connectivity index (χ1v) is 8.43. The van der Waals surface area contributed by atoms with Gasteiger partial charge in [0.15, 0.2) is 0 Å². The van der Waals surface area contributed by atoms with Crippen LogP contribution in [0, 0.1) is 11.8 Å². The first-order chi connectivity index (χ1) is 10.2. The Hall–Kier alpha value is -0.580. The predicted molar refractivity (Wildman–Crippen MR) is 86.9 cm³/mol. The number of methoxy groups -OCH3 is 1. The summed E-state index contributed by atoms with van der Waals surface area (Å²) in [5.74, 6) is 1.96. The van der Waals surface area contributed by atoms with E-state index in [1.165, 1.54) is 31.4 Å². The molecule has 1 saturated carbocycles. The molecule has 1 aliphatic rings. The number of nitrogens with one attached hydrogen (secondary N) is 1. The highest BCUT2D eigenvalue weighted by Gasteiger charge is 2.34. The molecule has 1 fully saturated rings. The summed E-state index contributed by atoms with van der Waals surface area (Å²) in [5.41, 5.74) is 1.21. The van der Waals surface area contributed by atoms with Crippen LogP contribution in [-0.4, -0.2) is 37.1 Å². The maximum absolute atomic E-state index is 6.47. The van der Waals surface area contributed by atoms with Crippen LogP contribution in [0.2, 0.25) is 5.02 Å². The molecule has 4 nitrogen and oxygen atoms in total. The van der Waals surface area contributed by atoms with Gasteiger partial charge in [-0.25, -0.2) is 0 Å². The number of hydrogen-bond acceptors (Lipinski definition) is 3. The van der Waals surface area contributed by atoms with Gasteiger partial charge in [0.1, 0.15) is 0 Å². The zero-order valence-corrected chi connectivity index (χ0v) is 14.2. The summed E-state index contributed by atoms with van der Waals surface area (Å²) < 4.78 is 7.25. The third-order valence-corrected chi connectivity index (χ3v) is 5.13. The minimum atomic E-state index is 0.503. The SMILES string of the molecule is CCC1CCC(CNC)C(c2c(Cl)cnn2CCOC)C1. The zero-order chi connectivity index (χ0) is 15.2. The molecule has 0 aromatic carbocycles. The molecule has 0 radical (unpaired) electrons. The highest BCUT2D eigenvalue weighted by Crippen LogP contribution is 2.43. The van der Waals surface area contributed by atoms with Gasteiger partial charge < -0.3 is 10.1 Å². The van der Waals surface area contributed by atoms with Crippen molar-refractivity contribution in [2.24, 2.45) is 11.8 Å². The summed E-state index contributed by atoms with van der Waals surface area (Å²) in [5, 5.41) is 8.62. The smallest absolute Gasteiger partial charge is 0.0820 e. The van der Waals surface area contributed by atoms with E-state index < -0.39 is 0 Å². The van der Waals surface area contributed by atoms with E-state index >= 15 is 0 Å². The Morgan fingerprint density at radius 1 is 1.48 bits per heavy atom. The molecule has 3 unspecified atom stereocenters. The van der Waals surface area contributed by atoms with Crippen LogP contribution in [0.4, 0.5) is 0 Å². The van der Waals surface area contributed by atoms with Crippen LogP contribution in [0.15, 0.2) is 6.20 Å². The van der Waals surface area contributed by atoms with Crippen molar-refractivity contribution in [1.82, 2.24) is 15.1 Å². The molecule has 1 aromatic heterocycles. The minimum Gasteiger partial charge on any atom is -0.383 e. The largest absolute Gasteiger partial charge is 0.383 e. The van der Waals surface area contributed by atoms with Crippen molar-refractivity contribution in [3.63, 3.8) is 0 Å². The molecule has 1 aliphatic carbocycles. The summed E-state index contributed by atoms with van der Waals surface area (Å²) in [4.78, 5) is 0. The van der Waals surface area contributed by atoms with Crippen molar-refractivity contribution >= 4 is 11.6 Å². The molecule has 3 atom stereocenters. The Bertz CT molecular complexity index is 435. The topological polar surface area (TPSA) is 39.1 Å². The van der Waals surface area contributed by atoms with Crippen molar-refractivity contribution in [1.29, 1.82) is 0 Å². The highest BCUT2D eigenvalue weighted by atomic mass is 35.5. The van der Waals surface area contributed by atoms with Crippen LogP contribution < -0.4 is 5.32 Å². The Morgan fingerprint density at radius 2 is 2.29 bits per heavy atom. The lowest BCUT2D eigenvalue weighted by atomic mass is 9.71. The lowest BCUT2D eigenvalue weighted by Gasteiger charge is -2.36. The van der Waals surface area contributed by atoms with E-state index in [0.29, 0.717) is 18.4 Å². The van der Waals surface area contributed by atoms with Crippen molar-refractivity contribution in [2.75, 3.05) is 27.3 Å². The van der Waals surface area contributed by atoms with Gasteiger partial charge in [0, 0.05) is 13.0 Å². The van der Waals surface area contributed by atoms with Crippen LogP contribution in [0.1, 0.15) is 44.2 Å². The van der Waals surface area contributed by atoms with Crippen molar-refractivity contribution < 1.29 is 4.74 Å². The molecule has 120 valence electrons. The fourth-order valence-corrected chi connectivity index (χ4v) is 3.91. The lowest BCUT2D eigenvalue weighted by molar-refractivity contribution is 0.176. The maximum atomic E-state index is 6.47. The number of nitrogens with zero attached hydrogens (tertiary/aromatic N) is 2. The zero-order valence-electron chi connectivity index (χ0n) is 13.4. The summed E-state index contributed by atoms with van der Waals surface area (Å²) in [7, 11) is 3.76. The monoisotopic (exact) mass is 313 g/mol. The van der Waals surface area contributed by atoms with Crippen LogP contribution in [0.3, 0.4) is 0 Å². The first kappa shape index (κ1) is 16.8. The van der Waals surface area contributed by atoms with Gasteiger partial charge >= 0.3 is 0 Å². The summed E-state index contributed by atoms with van der Waals surface area (Å²) >= 11 is 6.47. The van der Waals surface area contributed by atoms with Gasteiger partial charge in [-0.1, -0.05) is 31.4 Å². The fourth-order valence-electron chi connectivity index (χ4n) is 3.63. The second-order valence-electron chi connectivity index (χ2n) is 6.11. The average Bonchev–Trinajstić information content (AvgIpc) is 2.86. The van der Waals surface area contributed by atoms with Gasteiger partial charge in [-0.3, -0.25) is 4.68 Å². The highest BCUT2D eigenvalue weighted by molar-refractivity contribution is 6.31. The molecule has 0 amide bonds. The molecular formula is C16H28ClN3O. The Kier molecular flexibility index (Phi) is 6.52. The van der Waals surface area contributed by atoms with E-state index in [-0.39, 0.29) is 0 Å². The van der Waals surface area contributed by atoms with E-state index in [0.717, 1.165) is 24.0 Å². The lowest BCUT2D eigenvalue weighted by Crippen LogP contribution is -2.32. The second kappa shape index (κ2) is 8.16. The molecule has 1 N–H and O–H groups in total. The van der Waals surface area contributed by atoms with Crippen LogP contribution in [0.25, 0.3) is 0 Å². The number of ether oxygens (including phenoxy) is 1. The standard InChI is InChI=1S/C16H28ClN3O/c1-4-12-5-6-13(10-18-2)14(9-12)16-15(17)11-19-20(16)7-8-21-3/h11-14,18H,4-10H2,1-3H3. The van der Waals surface area contributed by atoms with Crippen LogP contribution in [-0.2, 0) is 11.3 Å². The summed E-state index contributed by atoms with van der Waals surface area (Å²) in [6.45, 7) is 4.79. The van der Waals surface area contributed by atoms with Gasteiger partial charge in [0.25, 0.3) is 0 Å². The van der Waals surface area contributed by atoms with Crippen molar-refractivity contribution in [3.8, 4) is 0 Å². The predicted octanol–water partition coefficient (Wildman–Crippen LogP) is 3.31. The molecular weight excluding hydrogens is 286 g/mol. The number of rotatable bonds is 7. The van der Waals surface area contributed by atoms with Gasteiger partial charge in [0.2, 0.25) is 0 Å². The van der Waals surface area contributed by atoms with E-state index in [4.69, 9.17) is 16.3 Å². The first-order valence-electron chi connectivity index (χ1n) is 8.05. The van der Waals surface area contributed by atoms with Gasteiger partial charge in [0.05, 0.1) is 30.1 Å². The van der Waals surface area contributed by atoms with Gasteiger partial charge in [-0.2, -0.15) is 5.10 Å². The molecule has 1 aromatic rings. The summed E-state index contributed by atoms with van der Waals surface area (Å²) in [6.07, 6.45) is 6.88. The molecule has 0 aliphatic heterocycles. The molecule has 21 heavy (non-hydrogen) atoms. The Morgan fingerprint density at radius 3 is 2.95 bits per heavy atom. The maximum Gasteiger partial charge on any atom is 0.0820 e.